The smallest absolute Gasteiger partial charge is 0.191 e. The van der Waals surface area contributed by atoms with E-state index in [0.717, 1.165) is 50.8 Å². The molecule has 0 saturated carbocycles. The van der Waals surface area contributed by atoms with Gasteiger partial charge in [0.25, 0.3) is 0 Å². The molecule has 1 aromatic rings. The molecule has 1 saturated heterocycles. The van der Waals surface area contributed by atoms with Crippen LogP contribution in [0.2, 0.25) is 0 Å². The number of aliphatic imine (C=N–C) groups is 1. The summed E-state index contributed by atoms with van der Waals surface area (Å²) in [5.74, 6) is 0.622. The number of hydrogen-bond donors (Lipinski definition) is 2. The van der Waals surface area contributed by atoms with Crippen molar-refractivity contribution in [3.63, 3.8) is 0 Å². The van der Waals surface area contributed by atoms with Crippen LogP contribution in [0.25, 0.3) is 0 Å². The van der Waals surface area contributed by atoms with Crippen LogP contribution in [0.5, 0.6) is 0 Å². The van der Waals surface area contributed by atoms with Gasteiger partial charge in [-0.15, -0.1) is 24.0 Å². The van der Waals surface area contributed by atoms with E-state index in [1.54, 1.807) is 13.0 Å². The molecule has 1 unspecified atom stereocenters. The Bertz CT molecular complexity index is 596. The Morgan fingerprint density at radius 1 is 1.26 bits per heavy atom. The molecule has 1 aliphatic rings. The molecule has 1 fully saturated rings. The summed E-state index contributed by atoms with van der Waals surface area (Å²) in [6.07, 6.45) is 1.22. The lowest BCUT2D eigenvalue weighted by atomic mass is 10.1. The zero-order chi connectivity index (χ0) is 18.9. The third-order valence-electron chi connectivity index (χ3n) is 4.89. The molecule has 0 radical (unpaired) electrons. The highest BCUT2D eigenvalue weighted by Gasteiger charge is 2.12. The lowest BCUT2D eigenvalue weighted by molar-refractivity contribution is 0.283. The molecule has 2 N–H and O–H groups in total. The van der Waals surface area contributed by atoms with E-state index in [9.17, 15) is 4.39 Å². The first-order valence-electron chi connectivity index (χ1n) is 9.71. The summed E-state index contributed by atoms with van der Waals surface area (Å²) in [5.41, 5.74) is 1.60. The van der Waals surface area contributed by atoms with E-state index in [0.29, 0.717) is 5.56 Å². The topological polar surface area (TPSA) is 42.9 Å². The first-order valence-corrected chi connectivity index (χ1v) is 9.71. The van der Waals surface area contributed by atoms with Crippen LogP contribution in [0.1, 0.15) is 37.4 Å². The number of guanidine groups is 1. The summed E-state index contributed by atoms with van der Waals surface area (Å²) in [6.45, 7) is 12.9. The molecule has 1 heterocycles. The molecular formula is C20H35FIN5. The molecule has 1 aromatic carbocycles. The molecule has 0 amide bonds. The number of nitrogens with zero attached hydrogens (tertiary/aromatic N) is 3. The van der Waals surface area contributed by atoms with Gasteiger partial charge >= 0.3 is 0 Å². The van der Waals surface area contributed by atoms with Crippen LogP contribution in [-0.4, -0.2) is 68.6 Å². The number of halogens is 2. The summed E-state index contributed by atoms with van der Waals surface area (Å²) < 4.78 is 13.8. The zero-order valence-electron chi connectivity index (χ0n) is 17.1. The summed E-state index contributed by atoms with van der Waals surface area (Å²) >= 11 is 0. The largest absolute Gasteiger partial charge is 0.357 e. The van der Waals surface area contributed by atoms with Gasteiger partial charge in [0.15, 0.2) is 5.96 Å². The van der Waals surface area contributed by atoms with E-state index in [1.807, 2.05) is 19.1 Å². The molecule has 154 valence electrons. The minimum atomic E-state index is -0.163. The van der Waals surface area contributed by atoms with Gasteiger partial charge in [0.2, 0.25) is 0 Å². The van der Waals surface area contributed by atoms with Gasteiger partial charge in [-0.25, -0.2) is 4.39 Å². The first kappa shape index (κ1) is 24.1. The highest BCUT2D eigenvalue weighted by atomic mass is 127. The molecule has 0 aliphatic carbocycles. The Hall–Kier alpha value is -0.930. The molecule has 0 spiro atoms. The lowest BCUT2D eigenvalue weighted by Crippen LogP contribution is -2.39. The van der Waals surface area contributed by atoms with Crippen molar-refractivity contribution in [3.05, 3.63) is 35.1 Å². The summed E-state index contributed by atoms with van der Waals surface area (Å²) in [4.78, 5) is 9.58. The quantitative estimate of drug-likeness (QED) is 0.365. The predicted molar refractivity (Wildman–Crippen MR) is 123 cm³/mol. The van der Waals surface area contributed by atoms with Crippen LogP contribution in [0.4, 0.5) is 4.39 Å². The van der Waals surface area contributed by atoms with Crippen molar-refractivity contribution in [1.29, 1.82) is 0 Å². The molecule has 2 rings (SSSR count). The number of rotatable bonds is 6. The molecule has 27 heavy (non-hydrogen) atoms. The number of nitrogens with one attached hydrogen (secondary N) is 2. The van der Waals surface area contributed by atoms with Gasteiger partial charge in [0.1, 0.15) is 5.82 Å². The van der Waals surface area contributed by atoms with Gasteiger partial charge < -0.3 is 20.4 Å². The van der Waals surface area contributed by atoms with Crippen LogP contribution in [0.15, 0.2) is 23.2 Å². The fourth-order valence-corrected chi connectivity index (χ4v) is 3.11. The van der Waals surface area contributed by atoms with Crippen molar-refractivity contribution in [1.82, 2.24) is 20.4 Å². The maximum atomic E-state index is 13.8. The van der Waals surface area contributed by atoms with Crippen molar-refractivity contribution in [2.45, 2.75) is 33.2 Å². The third kappa shape index (κ3) is 8.31. The Labute approximate surface area is 180 Å². The number of likely N-dealkylation sites (N-methyl/N-ethyl adjacent to an activating group) is 1. The SMILES string of the molecule is CCNC(=NCCN1CCCN(C)CC1)NC(C)c1ccc(C)c(F)c1.I. The molecule has 7 heteroatoms. The number of hydrogen-bond acceptors (Lipinski definition) is 3. The zero-order valence-corrected chi connectivity index (χ0v) is 19.4. The molecule has 5 nitrogen and oxygen atoms in total. The Morgan fingerprint density at radius 2 is 2.04 bits per heavy atom. The Balaban J connectivity index is 0.00000364. The summed E-state index contributed by atoms with van der Waals surface area (Å²) in [7, 11) is 2.18. The van der Waals surface area contributed by atoms with E-state index >= 15 is 0 Å². The van der Waals surface area contributed by atoms with Gasteiger partial charge in [-0.2, -0.15) is 0 Å². The van der Waals surface area contributed by atoms with Gasteiger partial charge in [-0.05, 0) is 64.5 Å². The van der Waals surface area contributed by atoms with Crippen LogP contribution in [0.3, 0.4) is 0 Å². The second-order valence-corrected chi connectivity index (χ2v) is 7.13. The monoisotopic (exact) mass is 491 g/mol. The van der Waals surface area contributed by atoms with E-state index in [1.165, 1.54) is 13.0 Å². The van der Waals surface area contributed by atoms with Crippen molar-refractivity contribution in [2.24, 2.45) is 4.99 Å². The highest BCUT2D eigenvalue weighted by molar-refractivity contribution is 14.0. The minimum Gasteiger partial charge on any atom is -0.357 e. The van der Waals surface area contributed by atoms with Gasteiger partial charge in [0.05, 0.1) is 12.6 Å². The maximum Gasteiger partial charge on any atom is 0.191 e. The van der Waals surface area contributed by atoms with Gasteiger partial charge in [-0.3, -0.25) is 4.99 Å². The average Bonchev–Trinajstić information content (AvgIpc) is 2.82. The molecular weight excluding hydrogens is 456 g/mol. The molecule has 1 aliphatic heterocycles. The number of aryl methyl sites for hydroxylation is 1. The summed E-state index contributed by atoms with van der Waals surface area (Å²) in [5, 5.41) is 6.67. The minimum absolute atomic E-state index is 0. The number of benzene rings is 1. The van der Waals surface area contributed by atoms with E-state index < -0.39 is 0 Å². The fraction of sp³-hybridized carbons (Fsp3) is 0.650. The second kappa shape index (κ2) is 12.5. The fourth-order valence-electron chi connectivity index (χ4n) is 3.11. The van der Waals surface area contributed by atoms with Crippen molar-refractivity contribution < 1.29 is 4.39 Å². The second-order valence-electron chi connectivity index (χ2n) is 7.13. The first-order chi connectivity index (χ1) is 12.5. The van der Waals surface area contributed by atoms with Crippen molar-refractivity contribution in [3.8, 4) is 0 Å². The van der Waals surface area contributed by atoms with Gasteiger partial charge in [0, 0.05) is 26.2 Å². The Morgan fingerprint density at radius 3 is 2.74 bits per heavy atom. The van der Waals surface area contributed by atoms with Crippen LogP contribution < -0.4 is 10.6 Å². The normalized spacial score (nSPS) is 17.7. The molecule has 0 aromatic heterocycles. The van der Waals surface area contributed by atoms with Crippen molar-refractivity contribution >= 4 is 29.9 Å². The molecule has 1 atom stereocenters. The summed E-state index contributed by atoms with van der Waals surface area (Å²) in [6, 6.07) is 5.38. The average molecular weight is 491 g/mol. The van der Waals surface area contributed by atoms with E-state index in [2.05, 4.69) is 34.4 Å². The molecule has 0 bridgehead atoms. The maximum absolute atomic E-state index is 13.8. The van der Waals surface area contributed by atoms with E-state index in [-0.39, 0.29) is 35.8 Å². The standard InChI is InChI=1S/C20H34FN5.HI/c1-5-22-20(23-9-12-26-11-6-10-25(4)13-14-26)24-17(3)18-8-7-16(2)19(21)15-18;/h7-8,15,17H,5-6,9-14H2,1-4H3,(H2,22,23,24);1H. The predicted octanol–water partition coefficient (Wildman–Crippen LogP) is 3.01. The van der Waals surface area contributed by atoms with E-state index in [4.69, 9.17) is 4.99 Å². The Kier molecular flexibility index (Phi) is 11.2. The lowest BCUT2D eigenvalue weighted by Gasteiger charge is -2.21. The van der Waals surface area contributed by atoms with Crippen LogP contribution in [0, 0.1) is 12.7 Å². The van der Waals surface area contributed by atoms with Crippen LogP contribution in [-0.2, 0) is 0 Å². The van der Waals surface area contributed by atoms with Gasteiger partial charge in [-0.1, -0.05) is 12.1 Å². The highest BCUT2D eigenvalue weighted by Crippen LogP contribution is 2.16. The third-order valence-corrected chi connectivity index (χ3v) is 4.89. The van der Waals surface area contributed by atoms with Crippen molar-refractivity contribution in [2.75, 3.05) is 52.9 Å². The van der Waals surface area contributed by atoms with Crippen LogP contribution >= 0.6 is 24.0 Å².